The fraction of sp³-hybridized carbons (Fsp3) is 0.0476. The van der Waals surface area contributed by atoms with Crippen molar-refractivity contribution < 1.29 is 0 Å². The number of para-hydroxylation sites is 1. The summed E-state index contributed by atoms with van der Waals surface area (Å²) in [7, 11) is 0. The molecule has 0 aliphatic carbocycles. The number of thiocarbonyl (C=S) groups is 1. The first kappa shape index (κ1) is 16.9. The highest BCUT2D eigenvalue weighted by molar-refractivity contribution is 7.80. The fourth-order valence-corrected chi connectivity index (χ4v) is 2.71. The van der Waals surface area contributed by atoms with E-state index < -0.39 is 0 Å². The van der Waals surface area contributed by atoms with Crippen molar-refractivity contribution in [3.8, 4) is 0 Å². The van der Waals surface area contributed by atoms with E-state index in [1.54, 1.807) is 0 Å². The van der Waals surface area contributed by atoms with Gasteiger partial charge in [0.05, 0.1) is 0 Å². The average Bonchev–Trinajstić information content (AvgIpc) is 2.67. The van der Waals surface area contributed by atoms with Gasteiger partial charge in [0.1, 0.15) is 0 Å². The Kier molecular flexibility index (Phi) is 5.91. The minimum absolute atomic E-state index is 0.0643. The second-order valence-electron chi connectivity index (χ2n) is 5.51. The summed E-state index contributed by atoms with van der Waals surface area (Å²) in [5.41, 5.74) is 6.18. The Labute approximate surface area is 153 Å². The number of hydrazone groups is 1. The molecule has 0 bridgehead atoms. The Morgan fingerprint density at radius 2 is 1.24 bits per heavy atom. The Bertz CT molecular complexity index is 778. The molecule has 0 saturated heterocycles. The number of nitrogens with zero attached hydrogens (tertiary/aromatic N) is 1. The monoisotopic (exact) mass is 345 g/mol. The lowest BCUT2D eigenvalue weighted by atomic mass is 9.92. The van der Waals surface area contributed by atoms with Crippen molar-refractivity contribution in [2.75, 3.05) is 5.32 Å². The van der Waals surface area contributed by atoms with Crippen molar-refractivity contribution in [3.05, 3.63) is 102 Å². The molecule has 0 spiro atoms. The minimum atomic E-state index is 0.0643. The molecular formula is C21H19N3S. The van der Waals surface area contributed by atoms with Gasteiger partial charge in [-0.15, -0.1) is 0 Å². The third-order valence-electron chi connectivity index (χ3n) is 3.74. The van der Waals surface area contributed by atoms with Crippen LogP contribution in [0.4, 0.5) is 5.69 Å². The van der Waals surface area contributed by atoms with E-state index in [4.69, 9.17) is 12.2 Å². The molecule has 0 saturated carbocycles. The van der Waals surface area contributed by atoms with Gasteiger partial charge < -0.3 is 5.32 Å². The van der Waals surface area contributed by atoms with E-state index in [0.29, 0.717) is 5.11 Å². The van der Waals surface area contributed by atoms with Gasteiger partial charge >= 0.3 is 0 Å². The summed E-state index contributed by atoms with van der Waals surface area (Å²) in [4.78, 5) is 0. The van der Waals surface area contributed by atoms with Crippen LogP contribution in [0.15, 0.2) is 96.1 Å². The normalized spacial score (nSPS) is 10.8. The van der Waals surface area contributed by atoms with Gasteiger partial charge in [-0.05, 0) is 35.5 Å². The molecule has 3 aromatic carbocycles. The predicted octanol–water partition coefficient (Wildman–Crippen LogP) is 4.79. The Balaban J connectivity index is 1.70. The van der Waals surface area contributed by atoms with Gasteiger partial charge in [0, 0.05) is 17.8 Å². The highest BCUT2D eigenvalue weighted by Crippen LogP contribution is 2.22. The maximum Gasteiger partial charge on any atom is 0.191 e. The molecule has 0 fully saturated rings. The Hall–Kier alpha value is -2.98. The molecule has 4 heteroatoms. The molecule has 3 aromatic rings. The maximum atomic E-state index is 5.29. The molecule has 0 aliphatic rings. The van der Waals surface area contributed by atoms with Crippen LogP contribution in [0, 0.1) is 0 Å². The van der Waals surface area contributed by atoms with E-state index in [1.807, 2.05) is 72.9 Å². The van der Waals surface area contributed by atoms with Crippen LogP contribution in [0.2, 0.25) is 0 Å². The summed E-state index contributed by atoms with van der Waals surface area (Å²) in [6.07, 6.45) is 1.88. The molecule has 3 rings (SSSR count). The SMILES string of the molecule is S=C(NN=CC(c1ccccc1)c1ccccc1)Nc1ccccc1. The fourth-order valence-electron chi connectivity index (χ4n) is 2.54. The predicted molar refractivity (Wildman–Crippen MR) is 109 cm³/mol. The number of nitrogens with one attached hydrogen (secondary N) is 2. The smallest absolute Gasteiger partial charge is 0.191 e. The minimum Gasteiger partial charge on any atom is -0.331 e. The van der Waals surface area contributed by atoms with Crippen molar-refractivity contribution in [2.45, 2.75) is 5.92 Å². The van der Waals surface area contributed by atoms with Gasteiger partial charge in [0.25, 0.3) is 0 Å². The van der Waals surface area contributed by atoms with Crippen molar-refractivity contribution in [3.63, 3.8) is 0 Å². The van der Waals surface area contributed by atoms with Crippen molar-refractivity contribution in [1.82, 2.24) is 5.43 Å². The first-order valence-electron chi connectivity index (χ1n) is 8.08. The van der Waals surface area contributed by atoms with E-state index >= 15 is 0 Å². The molecule has 0 unspecified atom stereocenters. The highest BCUT2D eigenvalue weighted by Gasteiger charge is 2.11. The third kappa shape index (κ3) is 4.99. The van der Waals surface area contributed by atoms with Crippen LogP contribution in [0.1, 0.15) is 17.0 Å². The molecule has 124 valence electrons. The van der Waals surface area contributed by atoms with Gasteiger partial charge in [0.2, 0.25) is 0 Å². The largest absolute Gasteiger partial charge is 0.331 e. The topological polar surface area (TPSA) is 36.4 Å². The summed E-state index contributed by atoms with van der Waals surface area (Å²) in [5.74, 6) is 0.0643. The summed E-state index contributed by atoms with van der Waals surface area (Å²) in [5, 5.41) is 7.90. The summed E-state index contributed by atoms with van der Waals surface area (Å²) >= 11 is 5.29. The van der Waals surface area contributed by atoms with Crippen LogP contribution < -0.4 is 10.7 Å². The summed E-state index contributed by atoms with van der Waals surface area (Å²) in [6.45, 7) is 0. The number of rotatable bonds is 5. The van der Waals surface area contributed by atoms with Crippen LogP contribution in [0.3, 0.4) is 0 Å². The molecule has 0 amide bonds. The number of hydrogen-bond donors (Lipinski definition) is 2. The van der Waals surface area contributed by atoms with E-state index in [-0.39, 0.29) is 5.92 Å². The highest BCUT2D eigenvalue weighted by atomic mass is 32.1. The molecule has 0 radical (unpaired) electrons. The number of hydrogen-bond acceptors (Lipinski definition) is 2. The quantitative estimate of drug-likeness (QED) is 0.396. The molecule has 2 N–H and O–H groups in total. The van der Waals surface area contributed by atoms with Crippen LogP contribution in [-0.4, -0.2) is 11.3 Å². The van der Waals surface area contributed by atoms with Crippen molar-refractivity contribution in [2.24, 2.45) is 5.10 Å². The molecule has 0 aliphatic heterocycles. The average molecular weight is 345 g/mol. The van der Waals surface area contributed by atoms with Crippen molar-refractivity contribution in [1.29, 1.82) is 0 Å². The van der Waals surface area contributed by atoms with E-state index in [0.717, 1.165) is 5.69 Å². The zero-order valence-electron chi connectivity index (χ0n) is 13.7. The van der Waals surface area contributed by atoms with Crippen molar-refractivity contribution >= 4 is 29.2 Å². The number of anilines is 1. The summed E-state index contributed by atoms with van der Waals surface area (Å²) in [6, 6.07) is 30.4. The van der Waals surface area contributed by atoms with E-state index in [1.165, 1.54) is 11.1 Å². The maximum absolute atomic E-state index is 5.29. The first-order valence-corrected chi connectivity index (χ1v) is 8.49. The standard InChI is InChI=1S/C21H19N3S/c25-21(23-19-14-8-3-9-15-19)24-22-16-20(17-10-4-1-5-11-17)18-12-6-2-7-13-18/h1-16,20H,(H2,23,24,25). The third-order valence-corrected chi connectivity index (χ3v) is 3.93. The zero-order chi connectivity index (χ0) is 17.3. The van der Waals surface area contributed by atoms with Crippen LogP contribution in [-0.2, 0) is 0 Å². The van der Waals surface area contributed by atoms with E-state index in [9.17, 15) is 0 Å². The van der Waals surface area contributed by atoms with Crippen LogP contribution in [0.25, 0.3) is 0 Å². The van der Waals surface area contributed by atoms with Crippen LogP contribution >= 0.6 is 12.2 Å². The Morgan fingerprint density at radius 1 is 0.760 bits per heavy atom. The number of benzene rings is 3. The lowest BCUT2D eigenvalue weighted by molar-refractivity contribution is 1.01. The molecule has 0 atom stereocenters. The second kappa shape index (κ2) is 8.76. The lowest BCUT2D eigenvalue weighted by Crippen LogP contribution is -2.24. The first-order chi connectivity index (χ1) is 12.3. The van der Waals surface area contributed by atoms with Gasteiger partial charge in [-0.1, -0.05) is 78.9 Å². The molecule has 25 heavy (non-hydrogen) atoms. The Morgan fingerprint density at radius 3 is 1.76 bits per heavy atom. The second-order valence-corrected chi connectivity index (χ2v) is 5.92. The molecular weight excluding hydrogens is 326 g/mol. The molecule has 0 heterocycles. The van der Waals surface area contributed by atoms with Gasteiger partial charge in [-0.2, -0.15) is 5.10 Å². The molecule has 3 nitrogen and oxygen atoms in total. The molecule has 0 aromatic heterocycles. The van der Waals surface area contributed by atoms with E-state index in [2.05, 4.69) is 40.1 Å². The summed E-state index contributed by atoms with van der Waals surface area (Å²) < 4.78 is 0. The lowest BCUT2D eigenvalue weighted by Gasteiger charge is -2.13. The van der Waals surface area contributed by atoms with Crippen LogP contribution in [0.5, 0.6) is 0 Å². The van der Waals surface area contributed by atoms with Gasteiger partial charge in [0.15, 0.2) is 5.11 Å². The van der Waals surface area contributed by atoms with Gasteiger partial charge in [-0.3, -0.25) is 5.43 Å². The zero-order valence-corrected chi connectivity index (χ0v) is 14.5. The van der Waals surface area contributed by atoms with Gasteiger partial charge in [-0.25, -0.2) is 0 Å².